The molecule has 0 radical (unpaired) electrons. The smallest absolute Gasteiger partial charge is 0.328 e. The lowest BCUT2D eigenvalue weighted by Gasteiger charge is -2.30. The van der Waals surface area contributed by atoms with Crippen molar-refractivity contribution in [2.45, 2.75) is 24.7 Å². The molecule has 7 heteroatoms. The van der Waals surface area contributed by atoms with E-state index in [0.29, 0.717) is 18.8 Å². The van der Waals surface area contributed by atoms with Gasteiger partial charge in [0.25, 0.3) is 0 Å². The summed E-state index contributed by atoms with van der Waals surface area (Å²) in [6.45, 7) is 1.41. The summed E-state index contributed by atoms with van der Waals surface area (Å²) in [5.74, 6) is -3.26. The second-order valence-corrected chi connectivity index (χ2v) is 7.05. The van der Waals surface area contributed by atoms with Crippen molar-refractivity contribution in [2.24, 2.45) is 0 Å². The van der Waals surface area contributed by atoms with Crippen LogP contribution in [0.25, 0.3) is 0 Å². The van der Waals surface area contributed by atoms with Crippen LogP contribution in [-0.2, 0) is 37.7 Å². The Morgan fingerprint density at radius 1 is 1.00 bits per heavy atom. The van der Waals surface area contributed by atoms with Crippen LogP contribution in [0.15, 0.2) is 60.7 Å². The maximum absolute atomic E-state index is 9.55. The van der Waals surface area contributed by atoms with E-state index in [4.69, 9.17) is 19.7 Å². The topological polar surface area (TPSA) is 105 Å². The normalized spacial score (nSPS) is 18.8. The van der Waals surface area contributed by atoms with Gasteiger partial charge in [-0.05, 0) is 31.0 Å². The van der Waals surface area contributed by atoms with E-state index in [-0.39, 0.29) is 6.10 Å². The lowest BCUT2D eigenvalue weighted by molar-refractivity contribution is -0.142. The third-order valence-corrected chi connectivity index (χ3v) is 5.01. The number of carbonyl (C=O) groups is 2. The highest BCUT2D eigenvalue weighted by atomic mass is 16.7. The summed E-state index contributed by atoms with van der Waals surface area (Å²) in [6, 6.07) is 17.0. The molecule has 1 heterocycles. The van der Waals surface area contributed by atoms with Gasteiger partial charge in [-0.25, -0.2) is 9.59 Å². The lowest BCUT2D eigenvalue weighted by Crippen LogP contribution is -2.33. The first-order chi connectivity index (χ1) is 14.5. The first-order valence-corrected chi connectivity index (χ1v) is 9.73. The second-order valence-electron chi connectivity index (χ2n) is 7.05. The SMILES string of the molecule is CNCC1COC2(O1)c1ccccc1CCc1ccccc12.O=C(O)/C=C\C(=O)O. The van der Waals surface area contributed by atoms with Crippen LogP contribution in [0.3, 0.4) is 0 Å². The summed E-state index contributed by atoms with van der Waals surface area (Å²) in [5.41, 5.74) is 4.98. The Bertz CT molecular complexity index is 875. The Kier molecular flexibility index (Phi) is 6.99. The molecule has 3 N–H and O–H groups in total. The highest BCUT2D eigenvalue weighted by Crippen LogP contribution is 2.45. The van der Waals surface area contributed by atoms with Gasteiger partial charge < -0.3 is 25.0 Å². The summed E-state index contributed by atoms with van der Waals surface area (Å²) >= 11 is 0. The number of hydrogen-bond acceptors (Lipinski definition) is 5. The monoisotopic (exact) mass is 411 g/mol. The third-order valence-electron chi connectivity index (χ3n) is 5.01. The van der Waals surface area contributed by atoms with Gasteiger partial charge in [-0.2, -0.15) is 0 Å². The molecule has 1 aliphatic carbocycles. The zero-order valence-electron chi connectivity index (χ0n) is 16.7. The molecule has 0 bridgehead atoms. The first-order valence-electron chi connectivity index (χ1n) is 9.73. The van der Waals surface area contributed by atoms with E-state index in [2.05, 4.69) is 53.8 Å². The molecule has 0 amide bonds. The van der Waals surface area contributed by atoms with Crippen LogP contribution in [-0.4, -0.2) is 48.5 Å². The average molecular weight is 411 g/mol. The lowest BCUT2D eigenvalue weighted by atomic mass is 9.93. The molecule has 1 atom stereocenters. The van der Waals surface area contributed by atoms with Gasteiger partial charge in [0.05, 0.1) is 12.7 Å². The number of ether oxygens (including phenoxy) is 2. The predicted octanol–water partition coefficient (Wildman–Crippen LogP) is 2.33. The minimum absolute atomic E-state index is 0.0733. The number of benzene rings is 2. The minimum Gasteiger partial charge on any atom is -0.478 e. The standard InChI is InChI=1S/C19H21NO2.C4H4O4/c1-20-12-16-13-21-19(22-16)17-8-4-2-6-14(17)10-11-15-7-3-5-9-18(15)19;5-3(6)1-2-4(7)8/h2-9,16,20H,10-13H2,1H3;1-2H,(H,5,6)(H,7,8)/b;2-1-. The van der Waals surface area contributed by atoms with E-state index in [9.17, 15) is 9.59 Å². The fraction of sp³-hybridized carbons (Fsp3) is 0.304. The number of fused-ring (bicyclic) bond motifs is 4. The van der Waals surface area contributed by atoms with Gasteiger partial charge in [-0.3, -0.25) is 0 Å². The van der Waals surface area contributed by atoms with Crippen molar-refractivity contribution in [1.29, 1.82) is 0 Å². The Labute approximate surface area is 174 Å². The van der Waals surface area contributed by atoms with Crippen LogP contribution >= 0.6 is 0 Å². The van der Waals surface area contributed by atoms with E-state index < -0.39 is 17.7 Å². The maximum atomic E-state index is 9.55. The summed E-state index contributed by atoms with van der Waals surface area (Å²) in [5, 5.41) is 18.8. The first kappa shape index (κ1) is 21.7. The summed E-state index contributed by atoms with van der Waals surface area (Å²) < 4.78 is 12.8. The van der Waals surface area contributed by atoms with E-state index in [1.165, 1.54) is 22.3 Å². The molecule has 2 aromatic carbocycles. The number of nitrogens with one attached hydrogen (secondary N) is 1. The van der Waals surface area contributed by atoms with Gasteiger partial charge >= 0.3 is 11.9 Å². The fourth-order valence-electron chi connectivity index (χ4n) is 3.80. The van der Waals surface area contributed by atoms with Crippen LogP contribution in [0.4, 0.5) is 0 Å². The minimum atomic E-state index is -1.26. The third kappa shape index (κ3) is 4.76. The van der Waals surface area contributed by atoms with Crippen LogP contribution < -0.4 is 5.32 Å². The van der Waals surface area contributed by atoms with Crippen molar-refractivity contribution >= 4 is 11.9 Å². The quantitative estimate of drug-likeness (QED) is 0.663. The second kappa shape index (κ2) is 9.67. The average Bonchev–Trinajstić information content (AvgIpc) is 3.11. The highest BCUT2D eigenvalue weighted by Gasteiger charge is 2.47. The molecule has 30 heavy (non-hydrogen) atoms. The van der Waals surface area contributed by atoms with Gasteiger partial charge in [0.1, 0.15) is 0 Å². The molecule has 1 saturated heterocycles. The molecule has 4 rings (SSSR count). The van der Waals surface area contributed by atoms with Crippen LogP contribution in [0.2, 0.25) is 0 Å². The summed E-state index contributed by atoms with van der Waals surface area (Å²) in [4.78, 5) is 19.1. The van der Waals surface area contributed by atoms with Gasteiger partial charge in [-0.1, -0.05) is 48.5 Å². The molecule has 1 unspecified atom stereocenters. The zero-order valence-corrected chi connectivity index (χ0v) is 16.7. The van der Waals surface area contributed by atoms with Crippen molar-refractivity contribution in [3.05, 3.63) is 82.9 Å². The molecule has 2 aliphatic rings. The number of aryl methyl sites for hydroxylation is 2. The Morgan fingerprint density at radius 3 is 1.97 bits per heavy atom. The molecule has 1 aliphatic heterocycles. The Balaban J connectivity index is 0.000000275. The van der Waals surface area contributed by atoms with E-state index >= 15 is 0 Å². The van der Waals surface area contributed by atoms with Gasteiger partial charge in [0, 0.05) is 29.8 Å². The Hall–Kier alpha value is -3.00. The van der Waals surface area contributed by atoms with Crippen LogP contribution in [0, 0.1) is 0 Å². The predicted molar refractivity (Wildman–Crippen MR) is 110 cm³/mol. The van der Waals surface area contributed by atoms with Gasteiger partial charge in [0.15, 0.2) is 0 Å². The van der Waals surface area contributed by atoms with Crippen molar-refractivity contribution in [3.8, 4) is 0 Å². The van der Waals surface area contributed by atoms with E-state index in [0.717, 1.165) is 19.4 Å². The number of likely N-dealkylation sites (N-methyl/N-ethyl adjacent to an activating group) is 1. The van der Waals surface area contributed by atoms with Gasteiger partial charge in [0.2, 0.25) is 5.79 Å². The molecular formula is C23H25NO6. The van der Waals surface area contributed by atoms with Crippen LogP contribution in [0.5, 0.6) is 0 Å². The van der Waals surface area contributed by atoms with E-state index in [1.807, 2.05) is 7.05 Å². The van der Waals surface area contributed by atoms with Crippen molar-refractivity contribution < 1.29 is 29.3 Å². The largest absolute Gasteiger partial charge is 0.478 e. The maximum Gasteiger partial charge on any atom is 0.328 e. The van der Waals surface area contributed by atoms with Crippen LogP contribution in [0.1, 0.15) is 22.3 Å². The van der Waals surface area contributed by atoms with E-state index in [1.54, 1.807) is 0 Å². The molecule has 0 saturated carbocycles. The zero-order chi connectivity index (χ0) is 21.6. The molecule has 158 valence electrons. The van der Waals surface area contributed by atoms with Gasteiger partial charge in [-0.15, -0.1) is 0 Å². The molecule has 1 fully saturated rings. The summed E-state index contributed by atoms with van der Waals surface area (Å²) in [7, 11) is 1.95. The van der Waals surface area contributed by atoms with Crippen molar-refractivity contribution in [2.75, 3.05) is 20.2 Å². The number of rotatable bonds is 4. The number of carboxylic acid groups (broad SMARTS) is 2. The molecule has 1 spiro atoms. The fourth-order valence-corrected chi connectivity index (χ4v) is 3.80. The molecule has 2 aromatic rings. The highest BCUT2D eigenvalue weighted by molar-refractivity contribution is 5.89. The number of carboxylic acids is 2. The Morgan fingerprint density at radius 2 is 1.50 bits per heavy atom. The molecular weight excluding hydrogens is 386 g/mol. The molecule has 0 aromatic heterocycles. The molecule has 7 nitrogen and oxygen atoms in total. The summed E-state index contributed by atoms with van der Waals surface area (Å²) in [6.07, 6.45) is 3.24. The van der Waals surface area contributed by atoms with Crippen molar-refractivity contribution in [3.63, 3.8) is 0 Å². The number of aliphatic carboxylic acids is 2. The van der Waals surface area contributed by atoms with Crippen molar-refractivity contribution in [1.82, 2.24) is 5.32 Å². The number of hydrogen-bond donors (Lipinski definition) is 3.